The second kappa shape index (κ2) is 7.60. The standard InChI is InChI=1S/C19H25N7O.ClH/c1-11(2)15-14(10-26(24-15)18-21-12(3)9-13(4)22-18)16-23-17(25-27-16)19(20)7-5-6-8-19;/h9-11H,5-8,20H2,1-4H3;1H. The van der Waals surface area contributed by atoms with E-state index >= 15 is 0 Å². The highest BCUT2D eigenvalue weighted by molar-refractivity contribution is 5.85. The van der Waals surface area contributed by atoms with Gasteiger partial charge in [0.2, 0.25) is 0 Å². The number of nitrogens with two attached hydrogens (primary N) is 1. The van der Waals surface area contributed by atoms with Crippen molar-refractivity contribution >= 4 is 12.4 Å². The van der Waals surface area contributed by atoms with Crippen molar-refractivity contribution in [1.29, 1.82) is 0 Å². The predicted octanol–water partition coefficient (Wildman–Crippen LogP) is 3.60. The number of aryl methyl sites for hydroxylation is 2. The molecule has 0 aromatic carbocycles. The Bertz CT molecular complexity index is 952. The van der Waals surface area contributed by atoms with Gasteiger partial charge in [-0.1, -0.05) is 31.8 Å². The number of hydrogen-bond donors (Lipinski definition) is 1. The highest BCUT2D eigenvalue weighted by Gasteiger charge is 2.36. The fraction of sp³-hybridized carbons (Fsp3) is 0.526. The van der Waals surface area contributed by atoms with Crippen LogP contribution in [0.2, 0.25) is 0 Å². The van der Waals surface area contributed by atoms with Crippen LogP contribution in [0, 0.1) is 13.8 Å². The molecule has 0 radical (unpaired) electrons. The summed E-state index contributed by atoms with van der Waals surface area (Å²) in [6.45, 7) is 8.05. The highest BCUT2D eigenvalue weighted by atomic mass is 35.5. The van der Waals surface area contributed by atoms with Crippen molar-refractivity contribution in [2.75, 3.05) is 0 Å². The SMILES string of the molecule is Cc1cc(C)nc(-n2cc(-c3nc(C4(N)CCCC4)no3)c(C(C)C)n2)n1.Cl. The van der Waals surface area contributed by atoms with Gasteiger partial charge >= 0.3 is 0 Å². The molecule has 0 aliphatic heterocycles. The number of nitrogens with zero attached hydrogens (tertiary/aromatic N) is 6. The average Bonchev–Trinajstić information content (AvgIpc) is 3.33. The second-order valence-corrected chi connectivity index (χ2v) is 7.76. The maximum Gasteiger partial charge on any atom is 0.261 e. The van der Waals surface area contributed by atoms with Crippen molar-refractivity contribution in [2.24, 2.45) is 5.73 Å². The molecule has 0 amide bonds. The molecule has 1 aliphatic carbocycles. The fourth-order valence-corrected chi connectivity index (χ4v) is 3.66. The van der Waals surface area contributed by atoms with Crippen LogP contribution in [0.15, 0.2) is 16.8 Å². The first kappa shape index (κ1) is 20.4. The molecule has 3 heterocycles. The highest BCUT2D eigenvalue weighted by Crippen LogP contribution is 2.36. The molecule has 3 aromatic rings. The second-order valence-electron chi connectivity index (χ2n) is 7.76. The van der Waals surface area contributed by atoms with E-state index < -0.39 is 5.54 Å². The van der Waals surface area contributed by atoms with E-state index in [4.69, 9.17) is 15.4 Å². The molecule has 0 atom stereocenters. The fourth-order valence-electron chi connectivity index (χ4n) is 3.66. The van der Waals surface area contributed by atoms with Crippen LogP contribution in [-0.2, 0) is 5.54 Å². The Morgan fingerprint density at radius 2 is 1.75 bits per heavy atom. The van der Waals surface area contributed by atoms with E-state index in [1.165, 1.54) is 0 Å². The summed E-state index contributed by atoms with van der Waals surface area (Å²) in [5.74, 6) is 1.74. The van der Waals surface area contributed by atoms with Crippen LogP contribution < -0.4 is 5.73 Å². The van der Waals surface area contributed by atoms with E-state index in [-0.39, 0.29) is 18.3 Å². The Morgan fingerprint density at radius 1 is 1.11 bits per heavy atom. The summed E-state index contributed by atoms with van der Waals surface area (Å²) in [5.41, 5.74) is 9.45. The van der Waals surface area contributed by atoms with Crippen LogP contribution in [0.4, 0.5) is 0 Å². The summed E-state index contributed by atoms with van der Waals surface area (Å²) in [5, 5.41) is 8.87. The Morgan fingerprint density at radius 3 is 2.36 bits per heavy atom. The van der Waals surface area contributed by atoms with Gasteiger partial charge in [0.25, 0.3) is 11.8 Å². The van der Waals surface area contributed by atoms with E-state index in [1.54, 1.807) is 4.68 Å². The molecule has 150 valence electrons. The molecule has 0 saturated heterocycles. The molecule has 3 aromatic heterocycles. The van der Waals surface area contributed by atoms with Gasteiger partial charge in [-0.15, -0.1) is 12.4 Å². The summed E-state index contributed by atoms with van der Waals surface area (Å²) in [7, 11) is 0. The molecule has 1 saturated carbocycles. The van der Waals surface area contributed by atoms with Gasteiger partial charge in [0.05, 0.1) is 16.8 Å². The van der Waals surface area contributed by atoms with E-state index in [0.717, 1.165) is 48.3 Å². The van der Waals surface area contributed by atoms with Crippen LogP contribution in [-0.4, -0.2) is 29.9 Å². The number of rotatable bonds is 4. The molecule has 9 heteroatoms. The molecule has 4 rings (SSSR count). The van der Waals surface area contributed by atoms with Crippen LogP contribution >= 0.6 is 12.4 Å². The van der Waals surface area contributed by atoms with Gasteiger partial charge in [-0.2, -0.15) is 10.1 Å². The monoisotopic (exact) mass is 403 g/mol. The summed E-state index contributed by atoms with van der Waals surface area (Å²) in [6, 6.07) is 1.93. The third-order valence-electron chi connectivity index (χ3n) is 5.06. The zero-order valence-corrected chi connectivity index (χ0v) is 17.5. The summed E-state index contributed by atoms with van der Waals surface area (Å²) in [4.78, 5) is 13.6. The molecule has 1 fully saturated rings. The molecule has 1 aliphatic rings. The van der Waals surface area contributed by atoms with Gasteiger partial charge < -0.3 is 10.3 Å². The number of hydrogen-bond acceptors (Lipinski definition) is 7. The predicted molar refractivity (Wildman–Crippen MR) is 108 cm³/mol. The first-order chi connectivity index (χ1) is 12.9. The van der Waals surface area contributed by atoms with Crippen molar-refractivity contribution in [2.45, 2.75) is 64.8 Å². The van der Waals surface area contributed by atoms with Crippen molar-refractivity contribution in [3.05, 3.63) is 35.2 Å². The summed E-state index contributed by atoms with van der Waals surface area (Å²) >= 11 is 0. The molecule has 2 N–H and O–H groups in total. The molecule has 8 nitrogen and oxygen atoms in total. The lowest BCUT2D eigenvalue weighted by Crippen LogP contribution is -2.34. The first-order valence-electron chi connectivity index (χ1n) is 9.41. The maximum atomic E-state index is 6.47. The molecular formula is C19H26ClN7O. The van der Waals surface area contributed by atoms with Gasteiger partial charge in [-0.3, -0.25) is 0 Å². The first-order valence-corrected chi connectivity index (χ1v) is 9.41. The maximum absolute atomic E-state index is 6.47. The normalized spacial score (nSPS) is 15.8. The van der Waals surface area contributed by atoms with Crippen molar-refractivity contribution in [3.8, 4) is 17.4 Å². The Labute approximate surface area is 170 Å². The van der Waals surface area contributed by atoms with E-state index in [1.807, 2.05) is 26.1 Å². The zero-order valence-electron chi connectivity index (χ0n) is 16.6. The molecular weight excluding hydrogens is 378 g/mol. The van der Waals surface area contributed by atoms with E-state index in [9.17, 15) is 0 Å². The minimum Gasteiger partial charge on any atom is -0.334 e. The van der Waals surface area contributed by atoms with Crippen molar-refractivity contribution in [1.82, 2.24) is 29.9 Å². The Balaban J connectivity index is 0.00000225. The topological polar surface area (TPSA) is 109 Å². The zero-order chi connectivity index (χ0) is 19.2. The lowest BCUT2D eigenvalue weighted by molar-refractivity contribution is 0.372. The van der Waals surface area contributed by atoms with Crippen LogP contribution in [0.5, 0.6) is 0 Å². The molecule has 0 bridgehead atoms. The number of halogens is 1. The molecule has 0 unspecified atom stereocenters. The minimum atomic E-state index is -0.480. The van der Waals surface area contributed by atoms with E-state index in [2.05, 4.69) is 34.0 Å². The van der Waals surface area contributed by atoms with Crippen molar-refractivity contribution in [3.63, 3.8) is 0 Å². The number of aromatic nitrogens is 6. The largest absolute Gasteiger partial charge is 0.334 e. The average molecular weight is 404 g/mol. The molecule has 28 heavy (non-hydrogen) atoms. The minimum absolute atomic E-state index is 0. The van der Waals surface area contributed by atoms with Crippen LogP contribution in [0.1, 0.15) is 68.4 Å². The van der Waals surface area contributed by atoms with Gasteiger partial charge in [0.1, 0.15) is 0 Å². The van der Waals surface area contributed by atoms with Gasteiger partial charge in [-0.25, -0.2) is 14.6 Å². The smallest absolute Gasteiger partial charge is 0.261 e. The summed E-state index contributed by atoms with van der Waals surface area (Å²) in [6.07, 6.45) is 5.83. The lowest BCUT2D eigenvalue weighted by atomic mass is 9.98. The Hall–Kier alpha value is -2.32. The van der Waals surface area contributed by atoms with Crippen molar-refractivity contribution < 1.29 is 4.52 Å². The molecule has 0 spiro atoms. The van der Waals surface area contributed by atoms with Gasteiger partial charge in [0.15, 0.2) is 5.82 Å². The third kappa shape index (κ3) is 3.66. The van der Waals surface area contributed by atoms with E-state index in [0.29, 0.717) is 17.7 Å². The Kier molecular flexibility index (Phi) is 5.54. The van der Waals surface area contributed by atoms with Crippen LogP contribution in [0.3, 0.4) is 0 Å². The van der Waals surface area contributed by atoms with Gasteiger partial charge in [-0.05, 0) is 38.7 Å². The van der Waals surface area contributed by atoms with Gasteiger partial charge in [0, 0.05) is 17.6 Å². The quantitative estimate of drug-likeness (QED) is 0.708. The third-order valence-corrected chi connectivity index (χ3v) is 5.06. The van der Waals surface area contributed by atoms with Crippen LogP contribution in [0.25, 0.3) is 17.4 Å². The summed E-state index contributed by atoms with van der Waals surface area (Å²) < 4.78 is 7.26. The lowest BCUT2D eigenvalue weighted by Gasteiger charge is -2.17.